The minimum atomic E-state index is -1.12. The molecule has 56 heavy (non-hydrogen) atoms. The Labute approximate surface area is 339 Å². The predicted octanol–water partition coefficient (Wildman–Crippen LogP) is 4.82. The number of methoxy groups -OCH3 is 1. The molecule has 0 aromatic heterocycles. The predicted molar refractivity (Wildman–Crippen MR) is 218 cm³/mol. The largest absolute Gasteiger partial charge is 0.504 e. The number of aromatic hydroxyl groups is 1. The standard InChI is InChI=1S/C42H63N3O9S2/c1-26(46)53-32(28-14-16-40(2,51)25-55-56-34-12-9-29(22-28)38(49)37(34)43-3)23-35(54-39(50)42-15-6-5-7-30(42)10-13-36(48)45-42)41(17-19-44-20-18-41)24-27-8-11-31(47)33(21-27)52-4/h8-9,11-12,21,28-30,32,34-35,37-38,43-44,47,49,51H,5-7,10,13-20,22-25H2,1-4H3,(H,45,48). The van der Waals surface area contributed by atoms with Gasteiger partial charge in [-0.1, -0.05) is 52.6 Å². The smallest absolute Gasteiger partial charge is 0.332 e. The number of hydrogen-bond acceptors (Lipinski definition) is 13. The summed E-state index contributed by atoms with van der Waals surface area (Å²) < 4.78 is 18.7. The fourth-order valence-corrected chi connectivity index (χ4v) is 13.3. The van der Waals surface area contributed by atoms with E-state index in [1.807, 2.05) is 26.1 Å². The van der Waals surface area contributed by atoms with Crippen molar-refractivity contribution < 1.29 is 43.9 Å². The SMILES string of the molecule is CNC1C2C=CC(CC(C(CC(OC(=O)C34CCCCC3CCC(=O)N4)C3(Cc4ccc(O)c(OC)c4)CCNCC3)OC(C)=O)CCC(C)(O)CSS2)C1O. The van der Waals surface area contributed by atoms with Crippen molar-refractivity contribution in [3.8, 4) is 11.5 Å². The second-order valence-corrected chi connectivity index (χ2v) is 19.8. The van der Waals surface area contributed by atoms with Crippen LogP contribution >= 0.6 is 21.6 Å². The highest BCUT2D eigenvalue weighted by Gasteiger charge is 2.54. The molecule has 10 atom stereocenters. The first-order chi connectivity index (χ1) is 26.8. The maximum atomic E-state index is 14.9. The minimum Gasteiger partial charge on any atom is -0.504 e. The van der Waals surface area contributed by atoms with Crippen molar-refractivity contribution in [3.63, 3.8) is 0 Å². The van der Waals surface area contributed by atoms with Crippen LogP contribution in [-0.2, 0) is 30.3 Å². The first-order valence-electron chi connectivity index (χ1n) is 20.6. The van der Waals surface area contributed by atoms with Crippen LogP contribution in [0.3, 0.4) is 0 Å². The Bertz CT molecular complexity index is 1570. The molecule has 4 heterocycles. The van der Waals surface area contributed by atoms with Gasteiger partial charge in [0.2, 0.25) is 5.91 Å². The van der Waals surface area contributed by atoms with Crippen LogP contribution in [0, 0.1) is 23.2 Å². The highest BCUT2D eigenvalue weighted by molar-refractivity contribution is 8.77. The number of hydrogen-bond donors (Lipinski definition) is 6. The average Bonchev–Trinajstić information content (AvgIpc) is 3.17. The number of nitrogens with one attached hydrogen (secondary N) is 3. The van der Waals surface area contributed by atoms with E-state index in [1.165, 1.54) is 14.0 Å². The second kappa shape index (κ2) is 18.6. The van der Waals surface area contributed by atoms with E-state index in [9.17, 15) is 29.7 Å². The van der Waals surface area contributed by atoms with E-state index in [-0.39, 0.29) is 47.1 Å². The van der Waals surface area contributed by atoms with Crippen molar-refractivity contribution >= 4 is 39.4 Å². The van der Waals surface area contributed by atoms with Gasteiger partial charge in [-0.25, -0.2) is 4.79 Å². The maximum absolute atomic E-state index is 14.9. The Balaban J connectivity index is 1.41. The Hall–Kier alpha value is -2.49. The topological polar surface area (TPSA) is 176 Å². The molecule has 4 fully saturated rings. The van der Waals surface area contributed by atoms with Gasteiger partial charge in [0.05, 0.1) is 24.1 Å². The highest BCUT2D eigenvalue weighted by Crippen LogP contribution is 2.47. The molecule has 3 saturated heterocycles. The van der Waals surface area contributed by atoms with Gasteiger partial charge in [-0.3, -0.25) is 9.59 Å². The molecule has 10 unspecified atom stereocenters. The summed E-state index contributed by atoms with van der Waals surface area (Å²) >= 11 is 0. The lowest BCUT2D eigenvalue weighted by Gasteiger charge is -2.49. The van der Waals surface area contributed by atoms with Crippen molar-refractivity contribution in [2.24, 2.45) is 23.2 Å². The Kier molecular flexibility index (Phi) is 14.3. The maximum Gasteiger partial charge on any atom is 0.332 e. The molecule has 0 spiro atoms. The molecule has 12 nitrogen and oxygen atoms in total. The number of rotatable bonds is 11. The van der Waals surface area contributed by atoms with E-state index in [1.54, 1.807) is 27.7 Å². The van der Waals surface area contributed by atoms with Crippen molar-refractivity contribution in [3.05, 3.63) is 35.9 Å². The molecule has 1 saturated carbocycles. The van der Waals surface area contributed by atoms with Crippen LogP contribution in [0.4, 0.5) is 0 Å². The Morgan fingerprint density at radius 3 is 2.59 bits per heavy atom. The molecule has 312 valence electrons. The molecule has 14 heteroatoms. The third kappa shape index (κ3) is 9.85. The molecule has 2 bridgehead atoms. The van der Waals surface area contributed by atoms with Gasteiger partial charge in [0, 0.05) is 42.9 Å². The number of phenols is 1. The van der Waals surface area contributed by atoms with Crippen LogP contribution < -0.4 is 20.7 Å². The molecule has 1 aromatic rings. The van der Waals surface area contributed by atoms with Gasteiger partial charge < -0.3 is 45.5 Å². The van der Waals surface area contributed by atoms with Gasteiger partial charge in [0.25, 0.3) is 0 Å². The molecule has 6 N–H and O–H groups in total. The zero-order valence-electron chi connectivity index (χ0n) is 33.4. The lowest BCUT2D eigenvalue weighted by Crippen LogP contribution is -2.65. The zero-order chi connectivity index (χ0) is 40.1. The van der Waals surface area contributed by atoms with E-state index in [2.05, 4.69) is 28.1 Å². The van der Waals surface area contributed by atoms with Crippen molar-refractivity contribution in [2.75, 3.05) is 33.0 Å². The Morgan fingerprint density at radius 2 is 1.86 bits per heavy atom. The van der Waals surface area contributed by atoms with Crippen LogP contribution in [0.15, 0.2) is 30.4 Å². The van der Waals surface area contributed by atoms with Crippen LogP contribution in [0.5, 0.6) is 11.5 Å². The summed E-state index contributed by atoms with van der Waals surface area (Å²) in [5.41, 5.74) is -1.80. The fraction of sp³-hybridized carbons (Fsp3) is 0.738. The number of amides is 1. The Morgan fingerprint density at radius 1 is 1.07 bits per heavy atom. The molecule has 0 radical (unpaired) electrons. The minimum absolute atomic E-state index is 0.0135. The number of aliphatic hydroxyl groups is 2. The summed E-state index contributed by atoms with van der Waals surface area (Å²) in [6.07, 6.45) is 9.78. The van der Waals surface area contributed by atoms with Crippen LogP contribution in [0.1, 0.15) is 96.5 Å². The monoisotopic (exact) mass is 817 g/mol. The summed E-state index contributed by atoms with van der Waals surface area (Å²) in [5.74, 6) is -0.688. The normalized spacial score (nSPS) is 34.4. The number of aliphatic hydroxyl groups excluding tert-OH is 1. The molecule has 7 rings (SSSR count). The first kappa shape index (κ1) is 43.1. The van der Waals surface area contributed by atoms with Gasteiger partial charge in [0.15, 0.2) is 11.5 Å². The second-order valence-electron chi connectivity index (χ2n) is 17.3. The fourth-order valence-electron chi connectivity index (χ4n) is 10.1. The van der Waals surface area contributed by atoms with E-state index in [0.29, 0.717) is 82.4 Å². The number of fused-ring (bicyclic) bond motifs is 9. The van der Waals surface area contributed by atoms with Gasteiger partial charge in [-0.05, 0) is 114 Å². The summed E-state index contributed by atoms with van der Waals surface area (Å²) in [7, 11) is 6.63. The summed E-state index contributed by atoms with van der Waals surface area (Å²) in [6.45, 7) is 4.61. The lowest BCUT2D eigenvalue weighted by molar-refractivity contribution is -0.180. The number of carbonyl (C=O) groups excluding carboxylic acids is 3. The number of piperidine rings is 2. The van der Waals surface area contributed by atoms with E-state index < -0.39 is 46.8 Å². The van der Waals surface area contributed by atoms with Crippen LogP contribution in [-0.4, -0.2) is 107 Å². The van der Waals surface area contributed by atoms with Gasteiger partial charge in [-0.2, -0.15) is 0 Å². The van der Waals surface area contributed by atoms with Crippen molar-refractivity contribution in [2.45, 2.75) is 138 Å². The van der Waals surface area contributed by atoms with Gasteiger partial charge in [-0.15, -0.1) is 0 Å². The van der Waals surface area contributed by atoms with Gasteiger partial charge in [0.1, 0.15) is 17.7 Å². The summed E-state index contributed by atoms with van der Waals surface area (Å²) in [6, 6.07) is 5.11. The molecule has 4 aliphatic heterocycles. The third-order valence-electron chi connectivity index (χ3n) is 13.4. The van der Waals surface area contributed by atoms with Crippen molar-refractivity contribution in [1.29, 1.82) is 0 Å². The average molecular weight is 818 g/mol. The number of phenolic OH excluding ortho intramolecular Hbond substituents is 1. The van der Waals surface area contributed by atoms with E-state index in [0.717, 1.165) is 24.8 Å². The zero-order valence-corrected chi connectivity index (χ0v) is 35.1. The van der Waals surface area contributed by atoms with Crippen molar-refractivity contribution in [1.82, 2.24) is 16.0 Å². The number of likely N-dealkylation sites (N-methyl/N-ethyl adjacent to an activating group) is 1. The summed E-state index contributed by atoms with van der Waals surface area (Å²) in [4.78, 5) is 41.0. The molecule has 1 amide bonds. The highest BCUT2D eigenvalue weighted by atomic mass is 33.1. The van der Waals surface area contributed by atoms with Crippen LogP contribution in [0.2, 0.25) is 0 Å². The quantitative estimate of drug-likeness (QED) is 0.102. The first-order valence-corrected chi connectivity index (χ1v) is 23.0. The van der Waals surface area contributed by atoms with E-state index in [4.69, 9.17) is 14.2 Å². The molecule has 1 aromatic carbocycles. The number of esters is 2. The number of benzene rings is 1. The number of carbonyl (C=O) groups is 3. The summed E-state index contributed by atoms with van der Waals surface area (Å²) in [5, 5.41) is 43.7. The molecular formula is C42H63N3O9S2. The van der Waals surface area contributed by atoms with Crippen LogP contribution in [0.25, 0.3) is 0 Å². The molecular weight excluding hydrogens is 755 g/mol. The number of ether oxygens (including phenoxy) is 3. The molecule has 2 aliphatic carbocycles. The molecule has 6 aliphatic rings. The van der Waals surface area contributed by atoms with E-state index >= 15 is 0 Å². The van der Waals surface area contributed by atoms with Gasteiger partial charge >= 0.3 is 11.9 Å². The lowest BCUT2D eigenvalue weighted by atomic mass is 9.66. The third-order valence-corrected chi connectivity index (χ3v) is 16.3.